The molecule has 0 atom stereocenters. The van der Waals surface area contributed by atoms with Crippen LogP contribution in [-0.2, 0) is 13.6 Å². The van der Waals surface area contributed by atoms with E-state index in [9.17, 15) is 9.59 Å². The van der Waals surface area contributed by atoms with Crippen LogP contribution in [0.15, 0.2) is 27.9 Å². The summed E-state index contributed by atoms with van der Waals surface area (Å²) in [6.45, 7) is 0.0812. The number of carboxylic acids is 1. The van der Waals surface area contributed by atoms with E-state index in [0.29, 0.717) is 5.56 Å². The Hall–Kier alpha value is -2.31. The highest BCUT2D eigenvalue weighted by atomic mass is 16.4. The number of rotatable bonds is 3. The molecule has 1 N–H and O–H groups in total. The number of furan rings is 1. The molecule has 0 saturated carbocycles. The second kappa shape index (κ2) is 3.69. The zero-order valence-electron chi connectivity index (χ0n) is 8.45. The molecule has 2 rings (SSSR count). The maximum atomic E-state index is 11.5. The van der Waals surface area contributed by atoms with Gasteiger partial charge in [0.2, 0.25) is 5.76 Å². The van der Waals surface area contributed by atoms with Crippen molar-refractivity contribution in [2.24, 2.45) is 7.05 Å². The number of carbonyl (C=O) groups is 1. The van der Waals surface area contributed by atoms with E-state index in [1.165, 1.54) is 23.2 Å². The lowest BCUT2D eigenvalue weighted by Gasteiger charge is -1.97. The first kappa shape index (κ1) is 10.2. The molecule has 0 fully saturated rings. The highest BCUT2D eigenvalue weighted by molar-refractivity contribution is 5.86. The molecule has 7 heteroatoms. The van der Waals surface area contributed by atoms with Crippen LogP contribution in [0.1, 0.15) is 16.1 Å². The van der Waals surface area contributed by atoms with E-state index >= 15 is 0 Å². The lowest BCUT2D eigenvalue weighted by Crippen LogP contribution is -2.23. The quantitative estimate of drug-likeness (QED) is 0.786. The summed E-state index contributed by atoms with van der Waals surface area (Å²) < 4.78 is 7.27. The summed E-state index contributed by atoms with van der Waals surface area (Å²) in [5, 5.41) is 12.6. The summed E-state index contributed by atoms with van der Waals surface area (Å²) >= 11 is 0. The van der Waals surface area contributed by atoms with Gasteiger partial charge in [-0.3, -0.25) is 4.57 Å². The van der Waals surface area contributed by atoms with Gasteiger partial charge in [0.25, 0.3) is 0 Å². The van der Waals surface area contributed by atoms with Gasteiger partial charge >= 0.3 is 11.7 Å². The van der Waals surface area contributed by atoms with Crippen molar-refractivity contribution in [3.63, 3.8) is 0 Å². The molecule has 0 aliphatic heterocycles. The van der Waals surface area contributed by atoms with Crippen LogP contribution in [0.5, 0.6) is 0 Å². The molecular weight excluding hydrogens is 214 g/mol. The van der Waals surface area contributed by atoms with Crippen LogP contribution in [0.2, 0.25) is 0 Å². The summed E-state index contributed by atoms with van der Waals surface area (Å²) in [5.74, 6) is -1.33. The van der Waals surface area contributed by atoms with Crippen LogP contribution in [0.4, 0.5) is 0 Å². The molecule has 2 heterocycles. The van der Waals surface area contributed by atoms with Gasteiger partial charge in [-0.2, -0.15) is 5.10 Å². The summed E-state index contributed by atoms with van der Waals surface area (Å²) in [6.07, 6.45) is 2.63. The summed E-state index contributed by atoms with van der Waals surface area (Å²) in [7, 11) is 1.57. The van der Waals surface area contributed by atoms with Crippen LogP contribution in [0, 0.1) is 0 Å². The Kier molecular flexibility index (Phi) is 2.35. The zero-order valence-corrected chi connectivity index (χ0v) is 8.45. The number of aromatic nitrogens is 3. The molecule has 0 radical (unpaired) electrons. The van der Waals surface area contributed by atoms with E-state index in [1.807, 2.05) is 0 Å². The fourth-order valence-corrected chi connectivity index (χ4v) is 1.34. The lowest BCUT2D eigenvalue weighted by atomic mass is 10.2. The molecule has 84 valence electrons. The molecule has 2 aromatic heterocycles. The molecule has 0 spiro atoms. The summed E-state index contributed by atoms with van der Waals surface area (Å²) in [4.78, 5) is 22.2. The molecule has 0 aliphatic carbocycles. The van der Waals surface area contributed by atoms with E-state index in [4.69, 9.17) is 9.52 Å². The molecule has 0 unspecified atom stereocenters. The first-order valence-electron chi connectivity index (χ1n) is 4.47. The number of aryl methyl sites for hydroxylation is 1. The van der Waals surface area contributed by atoms with E-state index in [-0.39, 0.29) is 18.0 Å². The van der Waals surface area contributed by atoms with E-state index in [1.54, 1.807) is 7.05 Å². The molecule has 2 aromatic rings. The highest BCUT2D eigenvalue weighted by Gasteiger charge is 2.15. The van der Waals surface area contributed by atoms with Crippen LogP contribution in [0.3, 0.4) is 0 Å². The van der Waals surface area contributed by atoms with Gasteiger partial charge in [-0.1, -0.05) is 0 Å². The standard InChI is InChI=1S/C9H9N3O4/c1-11-5-10-12(9(11)15)4-6-2-3-16-7(6)8(13)14/h2-3,5H,4H2,1H3,(H,13,14). The van der Waals surface area contributed by atoms with Gasteiger partial charge < -0.3 is 9.52 Å². The Bertz CT molecular complexity index is 578. The lowest BCUT2D eigenvalue weighted by molar-refractivity contribution is 0.0660. The minimum Gasteiger partial charge on any atom is -0.475 e. The molecule has 16 heavy (non-hydrogen) atoms. The van der Waals surface area contributed by atoms with Gasteiger partial charge in [-0.05, 0) is 6.07 Å². The predicted molar refractivity (Wildman–Crippen MR) is 52.2 cm³/mol. The Labute approximate surface area is 89.5 Å². The molecule has 0 aliphatic rings. The van der Waals surface area contributed by atoms with Gasteiger partial charge in [0, 0.05) is 12.6 Å². The monoisotopic (exact) mass is 223 g/mol. The van der Waals surface area contributed by atoms with Crippen molar-refractivity contribution in [2.45, 2.75) is 6.54 Å². The molecule has 0 amide bonds. The highest BCUT2D eigenvalue weighted by Crippen LogP contribution is 2.10. The topological polar surface area (TPSA) is 90.3 Å². The number of carboxylic acid groups (broad SMARTS) is 1. The van der Waals surface area contributed by atoms with Crippen LogP contribution in [-0.4, -0.2) is 25.4 Å². The fourth-order valence-electron chi connectivity index (χ4n) is 1.34. The van der Waals surface area contributed by atoms with Crippen LogP contribution in [0.25, 0.3) is 0 Å². The first-order chi connectivity index (χ1) is 7.59. The molecular formula is C9H9N3O4. The maximum Gasteiger partial charge on any atom is 0.372 e. The van der Waals surface area contributed by atoms with Crippen molar-refractivity contribution >= 4 is 5.97 Å². The summed E-state index contributed by atoms with van der Waals surface area (Å²) in [5.41, 5.74) is 0.103. The third kappa shape index (κ3) is 1.62. The molecule has 0 bridgehead atoms. The zero-order chi connectivity index (χ0) is 11.7. The molecule has 0 saturated heterocycles. The van der Waals surface area contributed by atoms with E-state index in [2.05, 4.69) is 5.10 Å². The van der Waals surface area contributed by atoms with Gasteiger partial charge in [-0.15, -0.1) is 0 Å². The maximum absolute atomic E-state index is 11.5. The minimum atomic E-state index is -1.16. The Morgan fingerprint density at radius 3 is 2.94 bits per heavy atom. The van der Waals surface area contributed by atoms with Crippen molar-refractivity contribution in [1.29, 1.82) is 0 Å². The third-order valence-corrected chi connectivity index (χ3v) is 2.15. The average Bonchev–Trinajstić information content (AvgIpc) is 2.80. The Balaban J connectivity index is 2.34. The second-order valence-corrected chi connectivity index (χ2v) is 3.26. The number of hydrogen-bond donors (Lipinski definition) is 1. The Morgan fingerprint density at radius 2 is 2.38 bits per heavy atom. The van der Waals surface area contributed by atoms with Crippen molar-refractivity contribution in [1.82, 2.24) is 14.3 Å². The number of hydrogen-bond acceptors (Lipinski definition) is 4. The minimum absolute atomic E-state index is 0.0812. The van der Waals surface area contributed by atoms with Crippen molar-refractivity contribution in [3.05, 3.63) is 40.5 Å². The second-order valence-electron chi connectivity index (χ2n) is 3.26. The van der Waals surface area contributed by atoms with Gasteiger partial charge in [0.05, 0.1) is 12.8 Å². The van der Waals surface area contributed by atoms with E-state index < -0.39 is 5.97 Å². The first-order valence-corrected chi connectivity index (χ1v) is 4.47. The van der Waals surface area contributed by atoms with Crippen molar-refractivity contribution in [3.8, 4) is 0 Å². The molecule has 7 nitrogen and oxygen atoms in total. The van der Waals surface area contributed by atoms with Gasteiger partial charge in [0.1, 0.15) is 6.33 Å². The van der Waals surface area contributed by atoms with E-state index in [0.717, 1.165) is 4.68 Å². The normalized spacial score (nSPS) is 10.6. The fraction of sp³-hybridized carbons (Fsp3) is 0.222. The largest absolute Gasteiger partial charge is 0.475 e. The molecule has 0 aromatic carbocycles. The smallest absolute Gasteiger partial charge is 0.372 e. The van der Waals surface area contributed by atoms with Crippen molar-refractivity contribution < 1.29 is 14.3 Å². The van der Waals surface area contributed by atoms with Gasteiger partial charge in [-0.25, -0.2) is 14.3 Å². The third-order valence-electron chi connectivity index (χ3n) is 2.15. The van der Waals surface area contributed by atoms with Crippen molar-refractivity contribution in [2.75, 3.05) is 0 Å². The average molecular weight is 223 g/mol. The van der Waals surface area contributed by atoms with Crippen LogP contribution < -0.4 is 5.69 Å². The predicted octanol–water partition coefficient (Wildman–Crippen LogP) is -0.0787. The van der Waals surface area contributed by atoms with Gasteiger partial charge in [0.15, 0.2) is 0 Å². The summed E-state index contributed by atoms with van der Waals surface area (Å²) in [6, 6.07) is 1.50. The SMILES string of the molecule is Cn1cnn(Cc2ccoc2C(=O)O)c1=O. The number of nitrogens with zero attached hydrogens (tertiary/aromatic N) is 3. The number of aromatic carboxylic acids is 1. The van der Waals surface area contributed by atoms with Crippen LogP contribution >= 0.6 is 0 Å². The Morgan fingerprint density at radius 1 is 1.62 bits per heavy atom.